The van der Waals surface area contributed by atoms with Crippen LogP contribution in [0.25, 0.3) is 0 Å². The van der Waals surface area contributed by atoms with E-state index in [1.807, 2.05) is 6.07 Å². The van der Waals surface area contributed by atoms with Crippen LogP contribution in [0.15, 0.2) is 18.2 Å². The van der Waals surface area contributed by atoms with Crippen molar-refractivity contribution in [3.05, 3.63) is 29.6 Å². The third kappa shape index (κ3) is 3.68. The van der Waals surface area contributed by atoms with E-state index in [1.54, 1.807) is 13.0 Å². The number of nitrogens with zero attached hydrogens (tertiary/aromatic N) is 2. The Labute approximate surface area is 108 Å². The van der Waals surface area contributed by atoms with Gasteiger partial charge in [-0.2, -0.15) is 0 Å². The summed E-state index contributed by atoms with van der Waals surface area (Å²) < 4.78 is 18.9. The highest BCUT2D eigenvalue weighted by molar-refractivity contribution is 5.27. The van der Waals surface area contributed by atoms with E-state index in [0.29, 0.717) is 17.9 Å². The molecule has 1 heterocycles. The van der Waals surface area contributed by atoms with E-state index >= 15 is 0 Å². The molecule has 1 fully saturated rings. The Morgan fingerprint density at radius 3 is 2.61 bits per heavy atom. The second kappa shape index (κ2) is 6.16. The van der Waals surface area contributed by atoms with Gasteiger partial charge in [-0.25, -0.2) is 4.39 Å². The molecule has 0 saturated carbocycles. The van der Waals surface area contributed by atoms with Crippen molar-refractivity contribution in [2.45, 2.75) is 6.92 Å². The molecule has 0 spiro atoms. The Kier molecular flexibility index (Phi) is 4.55. The average molecular weight is 252 g/mol. The van der Waals surface area contributed by atoms with Gasteiger partial charge in [0.25, 0.3) is 0 Å². The highest BCUT2D eigenvalue weighted by atomic mass is 19.1. The van der Waals surface area contributed by atoms with Gasteiger partial charge < -0.3 is 9.64 Å². The first kappa shape index (κ1) is 13.3. The molecule has 0 N–H and O–H groups in total. The molecule has 0 unspecified atom stereocenters. The number of hydrogen-bond acceptors (Lipinski definition) is 3. The van der Waals surface area contributed by atoms with Gasteiger partial charge in [0.15, 0.2) is 0 Å². The van der Waals surface area contributed by atoms with Crippen LogP contribution in [0.4, 0.5) is 4.39 Å². The third-order valence-corrected chi connectivity index (χ3v) is 3.42. The largest absolute Gasteiger partial charge is 0.492 e. The molecule has 0 aliphatic carbocycles. The van der Waals surface area contributed by atoms with Crippen molar-refractivity contribution >= 4 is 0 Å². The first-order valence-electron chi connectivity index (χ1n) is 6.45. The normalized spacial score (nSPS) is 17.9. The lowest BCUT2D eigenvalue weighted by molar-refractivity contribution is 0.133. The van der Waals surface area contributed by atoms with Crippen LogP contribution in [-0.2, 0) is 0 Å². The molecule has 0 aromatic heterocycles. The first-order chi connectivity index (χ1) is 8.65. The van der Waals surface area contributed by atoms with Crippen LogP contribution >= 0.6 is 0 Å². The Morgan fingerprint density at radius 1 is 1.22 bits per heavy atom. The van der Waals surface area contributed by atoms with Crippen molar-refractivity contribution in [3.8, 4) is 5.75 Å². The SMILES string of the molecule is Cc1ccc(OCCN2CCN(C)CC2)cc1F. The van der Waals surface area contributed by atoms with E-state index in [4.69, 9.17) is 4.74 Å². The van der Waals surface area contributed by atoms with Crippen molar-refractivity contribution in [2.75, 3.05) is 46.4 Å². The van der Waals surface area contributed by atoms with Crippen molar-refractivity contribution in [1.82, 2.24) is 9.80 Å². The minimum Gasteiger partial charge on any atom is -0.492 e. The zero-order valence-electron chi connectivity index (χ0n) is 11.2. The van der Waals surface area contributed by atoms with Gasteiger partial charge in [-0.05, 0) is 25.6 Å². The summed E-state index contributed by atoms with van der Waals surface area (Å²) in [6, 6.07) is 5.03. The molecule has 1 aliphatic heterocycles. The van der Waals surface area contributed by atoms with Crippen molar-refractivity contribution in [3.63, 3.8) is 0 Å². The van der Waals surface area contributed by atoms with Crippen molar-refractivity contribution in [2.24, 2.45) is 0 Å². The molecule has 1 aromatic rings. The maximum Gasteiger partial charge on any atom is 0.129 e. The van der Waals surface area contributed by atoms with E-state index in [0.717, 1.165) is 32.7 Å². The Bertz CT molecular complexity index is 389. The van der Waals surface area contributed by atoms with Crippen molar-refractivity contribution < 1.29 is 9.13 Å². The zero-order valence-corrected chi connectivity index (χ0v) is 11.2. The Hall–Kier alpha value is -1.13. The number of rotatable bonds is 4. The summed E-state index contributed by atoms with van der Waals surface area (Å²) in [5.74, 6) is 0.416. The second-order valence-corrected chi connectivity index (χ2v) is 4.90. The maximum atomic E-state index is 13.3. The highest BCUT2D eigenvalue weighted by Crippen LogP contribution is 2.15. The van der Waals surface area contributed by atoms with Gasteiger partial charge in [-0.15, -0.1) is 0 Å². The lowest BCUT2D eigenvalue weighted by Crippen LogP contribution is -2.45. The standard InChI is InChI=1S/C14H21FN2O/c1-12-3-4-13(11-14(12)15)18-10-9-17-7-5-16(2)6-8-17/h3-4,11H,5-10H2,1-2H3. The van der Waals surface area contributed by atoms with E-state index in [1.165, 1.54) is 6.07 Å². The van der Waals surface area contributed by atoms with Crippen LogP contribution in [0.3, 0.4) is 0 Å². The number of ether oxygens (including phenoxy) is 1. The fourth-order valence-corrected chi connectivity index (χ4v) is 2.03. The molecule has 18 heavy (non-hydrogen) atoms. The van der Waals surface area contributed by atoms with E-state index in [9.17, 15) is 4.39 Å². The number of benzene rings is 1. The molecular formula is C14H21FN2O. The Morgan fingerprint density at radius 2 is 1.94 bits per heavy atom. The molecule has 0 amide bonds. The van der Waals surface area contributed by atoms with Crippen LogP contribution < -0.4 is 4.74 Å². The minimum absolute atomic E-state index is 0.202. The molecule has 0 bridgehead atoms. The first-order valence-corrected chi connectivity index (χ1v) is 6.45. The summed E-state index contributed by atoms with van der Waals surface area (Å²) in [7, 11) is 2.14. The van der Waals surface area contributed by atoms with Gasteiger partial charge in [0.2, 0.25) is 0 Å². The predicted molar refractivity (Wildman–Crippen MR) is 70.6 cm³/mol. The molecule has 1 aliphatic rings. The summed E-state index contributed by atoms with van der Waals surface area (Å²) in [6.45, 7) is 7.67. The van der Waals surface area contributed by atoms with Crippen LogP contribution in [-0.4, -0.2) is 56.2 Å². The summed E-state index contributed by atoms with van der Waals surface area (Å²) in [5, 5.41) is 0. The number of piperazine rings is 1. The van der Waals surface area contributed by atoms with Gasteiger partial charge in [-0.1, -0.05) is 6.07 Å². The molecule has 1 aromatic carbocycles. The van der Waals surface area contributed by atoms with Gasteiger partial charge in [0, 0.05) is 38.8 Å². The van der Waals surface area contributed by atoms with Crippen LogP contribution in [0.1, 0.15) is 5.56 Å². The fraction of sp³-hybridized carbons (Fsp3) is 0.571. The highest BCUT2D eigenvalue weighted by Gasteiger charge is 2.13. The van der Waals surface area contributed by atoms with Crippen LogP contribution in [0, 0.1) is 12.7 Å². The molecule has 3 nitrogen and oxygen atoms in total. The van der Waals surface area contributed by atoms with Gasteiger partial charge in [-0.3, -0.25) is 4.90 Å². The van der Waals surface area contributed by atoms with Gasteiger partial charge in [0.05, 0.1) is 0 Å². The maximum absolute atomic E-state index is 13.3. The summed E-state index contributed by atoms with van der Waals surface area (Å²) in [6.07, 6.45) is 0. The lowest BCUT2D eigenvalue weighted by Gasteiger charge is -2.32. The fourth-order valence-electron chi connectivity index (χ4n) is 2.03. The molecule has 2 rings (SSSR count). The third-order valence-electron chi connectivity index (χ3n) is 3.42. The molecule has 0 atom stereocenters. The minimum atomic E-state index is -0.202. The number of likely N-dealkylation sites (N-methyl/N-ethyl adjacent to an activating group) is 1. The summed E-state index contributed by atoms with van der Waals surface area (Å²) in [4.78, 5) is 4.71. The van der Waals surface area contributed by atoms with E-state index in [2.05, 4.69) is 16.8 Å². The van der Waals surface area contributed by atoms with Gasteiger partial charge >= 0.3 is 0 Å². The molecule has 4 heteroatoms. The quantitative estimate of drug-likeness (QED) is 0.812. The Balaban J connectivity index is 1.73. The van der Waals surface area contributed by atoms with Crippen molar-refractivity contribution in [1.29, 1.82) is 0 Å². The van der Waals surface area contributed by atoms with Gasteiger partial charge in [0.1, 0.15) is 18.2 Å². The van der Waals surface area contributed by atoms with Crippen LogP contribution in [0.5, 0.6) is 5.75 Å². The topological polar surface area (TPSA) is 15.7 Å². The number of halogens is 1. The molecule has 1 saturated heterocycles. The molecular weight excluding hydrogens is 231 g/mol. The van der Waals surface area contributed by atoms with E-state index in [-0.39, 0.29) is 5.82 Å². The molecule has 0 radical (unpaired) electrons. The monoisotopic (exact) mass is 252 g/mol. The number of hydrogen-bond donors (Lipinski definition) is 0. The number of aryl methyl sites for hydroxylation is 1. The van der Waals surface area contributed by atoms with Crippen LogP contribution in [0.2, 0.25) is 0 Å². The zero-order chi connectivity index (χ0) is 13.0. The smallest absolute Gasteiger partial charge is 0.129 e. The summed E-state index contributed by atoms with van der Waals surface area (Å²) >= 11 is 0. The van der Waals surface area contributed by atoms with E-state index < -0.39 is 0 Å². The summed E-state index contributed by atoms with van der Waals surface area (Å²) in [5.41, 5.74) is 0.654. The second-order valence-electron chi connectivity index (χ2n) is 4.90. The average Bonchev–Trinajstić information content (AvgIpc) is 2.36. The lowest BCUT2D eigenvalue weighted by atomic mass is 10.2. The predicted octanol–water partition coefficient (Wildman–Crippen LogP) is 1.76. The molecule has 100 valence electrons.